The Hall–Kier alpha value is -1.42. The maximum absolute atomic E-state index is 5.84. The van der Waals surface area contributed by atoms with Crippen molar-refractivity contribution in [3.8, 4) is 0 Å². The molecule has 0 aliphatic heterocycles. The Balaban J connectivity index is 2.08. The summed E-state index contributed by atoms with van der Waals surface area (Å²) < 4.78 is 0. The monoisotopic (exact) mass is 219 g/mol. The molecule has 15 heavy (non-hydrogen) atoms. The number of aromatic amines is 1. The lowest BCUT2D eigenvalue weighted by atomic mass is 10.1. The molecule has 0 radical (unpaired) electrons. The summed E-state index contributed by atoms with van der Waals surface area (Å²) in [5.41, 5.74) is 9.12. The van der Waals surface area contributed by atoms with Crippen LogP contribution < -0.4 is 5.73 Å². The van der Waals surface area contributed by atoms with Gasteiger partial charge in [0.2, 0.25) is 0 Å². The third-order valence-corrected chi connectivity index (χ3v) is 3.28. The fourth-order valence-electron chi connectivity index (χ4n) is 1.34. The molecule has 1 heterocycles. The number of aromatic nitrogens is 2. The fraction of sp³-hybridized carbons (Fsp3) is 0.182. The number of nitrogens with one attached hydrogen (secondary N) is 1. The number of nitrogens with zero attached hydrogens (tertiary/aromatic N) is 1. The van der Waals surface area contributed by atoms with Crippen molar-refractivity contribution in [2.45, 2.75) is 17.8 Å². The van der Waals surface area contributed by atoms with E-state index in [1.54, 1.807) is 18.0 Å². The van der Waals surface area contributed by atoms with Crippen molar-refractivity contribution in [1.29, 1.82) is 0 Å². The van der Waals surface area contributed by atoms with Gasteiger partial charge < -0.3 is 10.7 Å². The molecule has 0 saturated carbocycles. The lowest BCUT2D eigenvalue weighted by molar-refractivity contribution is 1.06. The van der Waals surface area contributed by atoms with Crippen molar-refractivity contribution < 1.29 is 0 Å². The van der Waals surface area contributed by atoms with E-state index in [9.17, 15) is 0 Å². The summed E-state index contributed by atoms with van der Waals surface area (Å²) in [5, 5.41) is 0.942. The molecule has 2 rings (SSSR count). The normalized spacial score (nSPS) is 10.5. The van der Waals surface area contributed by atoms with Gasteiger partial charge in [-0.3, -0.25) is 0 Å². The van der Waals surface area contributed by atoms with Crippen LogP contribution in [0, 0.1) is 6.92 Å². The zero-order valence-electron chi connectivity index (χ0n) is 8.53. The number of hydrogen-bond acceptors (Lipinski definition) is 3. The highest BCUT2D eigenvalue weighted by atomic mass is 32.2. The van der Waals surface area contributed by atoms with Gasteiger partial charge in [0, 0.05) is 23.8 Å². The van der Waals surface area contributed by atoms with Gasteiger partial charge >= 0.3 is 0 Å². The van der Waals surface area contributed by atoms with Crippen molar-refractivity contribution in [2.24, 2.45) is 0 Å². The van der Waals surface area contributed by atoms with Crippen LogP contribution in [0.15, 0.2) is 35.7 Å². The van der Waals surface area contributed by atoms with Crippen LogP contribution in [-0.2, 0) is 5.75 Å². The zero-order chi connectivity index (χ0) is 10.7. The van der Waals surface area contributed by atoms with E-state index >= 15 is 0 Å². The molecule has 0 unspecified atom stereocenters. The number of imidazole rings is 1. The molecule has 0 saturated heterocycles. The van der Waals surface area contributed by atoms with Crippen LogP contribution in [0.1, 0.15) is 11.1 Å². The predicted octanol–water partition coefficient (Wildman–Crippen LogP) is 2.59. The van der Waals surface area contributed by atoms with Gasteiger partial charge in [0.15, 0.2) is 5.16 Å². The molecule has 78 valence electrons. The maximum atomic E-state index is 5.84. The van der Waals surface area contributed by atoms with Crippen LogP contribution in [0.3, 0.4) is 0 Å². The molecule has 0 atom stereocenters. The first-order chi connectivity index (χ1) is 7.27. The lowest BCUT2D eigenvalue weighted by Gasteiger charge is -2.06. The molecule has 0 bridgehead atoms. The molecule has 4 heteroatoms. The molecule has 0 aliphatic carbocycles. The number of hydrogen-bond donors (Lipinski definition) is 2. The molecule has 1 aromatic carbocycles. The first-order valence-electron chi connectivity index (χ1n) is 4.73. The second-order valence-corrected chi connectivity index (χ2v) is 4.28. The minimum Gasteiger partial charge on any atom is -0.399 e. The second-order valence-electron chi connectivity index (χ2n) is 3.31. The molecule has 3 N–H and O–H groups in total. The number of anilines is 1. The summed E-state index contributed by atoms with van der Waals surface area (Å²) in [6.45, 7) is 2.05. The van der Waals surface area contributed by atoms with E-state index in [2.05, 4.69) is 16.0 Å². The average Bonchev–Trinajstić information content (AvgIpc) is 2.73. The van der Waals surface area contributed by atoms with E-state index in [4.69, 9.17) is 5.73 Å². The van der Waals surface area contributed by atoms with Gasteiger partial charge in [-0.05, 0) is 24.1 Å². The van der Waals surface area contributed by atoms with Crippen molar-refractivity contribution in [3.63, 3.8) is 0 Å². The van der Waals surface area contributed by atoms with Crippen LogP contribution in [0.4, 0.5) is 5.69 Å². The van der Waals surface area contributed by atoms with E-state index in [0.29, 0.717) is 0 Å². The van der Waals surface area contributed by atoms with Gasteiger partial charge in [0.25, 0.3) is 0 Å². The molecule has 0 aliphatic rings. The van der Waals surface area contributed by atoms with E-state index in [0.717, 1.165) is 22.2 Å². The topological polar surface area (TPSA) is 54.7 Å². The van der Waals surface area contributed by atoms with Crippen molar-refractivity contribution in [3.05, 3.63) is 41.7 Å². The number of nitrogen functional groups attached to an aromatic ring is 1. The molecule has 2 aromatic rings. The highest BCUT2D eigenvalue weighted by Crippen LogP contribution is 2.23. The van der Waals surface area contributed by atoms with Crippen LogP contribution in [0.25, 0.3) is 0 Å². The summed E-state index contributed by atoms with van der Waals surface area (Å²) >= 11 is 1.68. The summed E-state index contributed by atoms with van der Waals surface area (Å²) in [7, 11) is 0. The van der Waals surface area contributed by atoms with Gasteiger partial charge in [-0.15, -0.1) is 0 Å². The molecular formula is C11H13N3S. The highest BCUT2D eigenvalue weighted by molar-refractivity contribution is 7.98. The largest absolute Gasteiger partial charge is 0.399 e. The first kappa shape index (κ1) is 10.1. The Morgan fingerprint density at radius 2 is 2.33 bits per heavy atom. The molecule has 3 nitrogen and oxygen atoms in total. The predicted molar refractivity (Wildman–Crippen MR) is 63.7 cm³/mol. The van der Waals surface area contributed by atoms with E-state index < -0.39 is 0 Å². The van der Waals surface area contributed by atoms with Gasteiger partial charge in [0.1, 0.15) is 0 Å². The molecule has 1 aromatic heterocycles. The quantitative estimate of drug-likeness (QED) is 0.616. The molecule has 0 spiro atoms. The molecular weight excluding hydrogens is 206 g/mol. The maximum Gasteiger partial charge on any atom is 0.165 e. The smallest absolute Gasteiger partial charge is 0.165 e. The van der Waals surface area contributed by atoms with Crippen molar-refractivity contribution in [2.75, 3.05) is 5.73 Å². The molecule has 0 fully saturated rings. The Morgan fingerprint density at radius 1 is 1.47 bits per heavy atom. The van der Waals surface area contributed by atoms with Gasteiger partial charge in [-0.2, -0.15) is 0 Å². The summed E-state index contributed by atoms with van der Waals surface area (Å²) in [6, 6.07) is 6.01. The third-order valence-electron chi connectivity index (χ3n) is 2.33. The van der Waals surface area contributed by atoms with E-state index in [-0.39, 0.29) is 0 Å². The van der Waals surface area contributed by atoms with Crippen LogP contribution >= 0.6 is 11.8 Å². The number of H-pyrrole nitrogens is 1. The Kier molecular flexibility index (Phi) is 2.97. The number of thioether (sulfide) groups is 1. The summed E-state index contributed by atoms with van der Waals surface area (Å²) in [5.74, 6) is 0.893. The van der Waals surface area contributed by atoms with Gasteiger partial charge in [0.05, 0.1) is 0 Å². The Labute approximate surface area is 93.1 Å². The van der Waals surface area contributed by atoms with Crippen molar-refractivity contribution in [1.82, 2.24) is 9.97 Å². The van der Waals surface area contributed by atoms with Crippen molar-refractivity contribution >= 4 is 17.4 Å². The Morgan fingerprint density at radius 3 is 3.07 bits per heavy atom. The number of nitrogens with two attached hydrogens (primary N) is 1. The average molecular weight is 219 g/mol. The Bertz CT molecular complexity index is 437. The standard InChI is InChI=1S/C11H13N3S/c1-8-9(3-2-4-10(8)12)7-15-11-13-5-6-14-11/h2-6H,7,12H2,1H3,(H,13,14). The highest BCUT2D eigenvalue weighted by Gasteiger charge is 2.02. The minimum absolute atomic E-state index is 0.854. The fourth-order valence-corrected chi connectivity index (χ4v) is 2.23. The van der Waals surface area contributed by atoms with E-state index in [1.807, 2.05) is 25.3 Å². The summed E-state index contributed by atoms with van der Waals surface area (Å²) in [6.07, 6.45) is 3.59. The number of rotatable bonds is 3. The lowest BCUT2D eigenvalue weighted by Crippen LogP contribution is -1.94. The SMILES string of the molecule is Cc1c(N)cccc1CSc1ncc[nH]1. The van der Waals surface area contributed by atoms with Crippen LogP contribution in [-0.4, -0.2) is 9.97 Å². The van der Waals surface area contributed by atoms with Crippen LogP contribution in [0.2, 0.25) is 0 Å². The second kappa shape index (κ2) is 4.40. The van der Waals surface area contributed by atoms with Crippen LogP contribution in [0.5, 0.6) is 0 Å². The minimum atomic E-state index is 0.854. The van der Waals surface area contributed by atoms with Gasteiger partial charge in [-0.25, -0.2) is 4.98 Å². The van der Waals surface area contributed by atoms with Gasteiger partial charge in [-0.1, -0.05) is 23.9 Å². The third kappa shape index (κ3) is 2.33. The van der Waals surface area contributed by atoms with E-state index in [1.165, 1.54) is 5.56 Å². The molecule has 0 amide bonds. The summed E-state index contributed by atoms with van der Waals surface area (Å²) in [4.78, 5) is 7.22. The zero-order valence-corrected chi connectivity index (χ0v) is 9.34. The number of benzene rings is 1. The first-order valence-corrected chi connectivity index (χ1v) is 5.72.